The van der Waals surface area contributed by atoms with Gasteiger partial charge >= 0.3 is 0 Å². The Kier molecular flexibility index (Phi) is 6.16. The van der Waals surface area contributed by atoms with Crippen LogP contribution in [-0.4, -0.2) is 30.4 Å². The number of aryl methyl sites for hydroxylation is 1. The van der Waals surface area contributed by atoms with Crippen molar-refractivity contribution < 1.29 is 19.1 Å². The van der Waals surface area contributed by atoms with E-state index in [9.17, 15) is 14.4 Å². The molecule has 2 aromatic carbocycles. The van der Waals surface area contributed by atoms with Crippen molar-refractivity contribution in [2.24, 2.45) is 0 Å². The van der Waals surface area contributed by atoms with Crippen molar-refractivity contribution in [2.45, 2.75) is 39.7 Å². The van der Waals surface area contributed by atoms with Crippen LogP contribution in [0.4, 0.5) is 5.69 Å². The molecule has 0 spiro atoms. The SMILES string of the molecule is Cc1cccc(O[C@@H](C)C(=O)NNC(=O)c2ccccc2N2CCCC2=O)c1C. The zero-order valence-electron chi connectivity index (χ0n) is 16.8. The molecule has 7 heteroatoms. The van der Waals surface area contributed by atoms with Crippen LogP contribution in [0.1, 0.15) is 41.3 Å². The molecule has 1 aliphatic heterocycles. The second kappa shape index (κ2) is 8.77. The molecule has 2 N–H and O–H groups in total. The lowest BCUT2D eigenvalue weighted by Gasteiger charge is -2.20. The fourth-order valence-electron chi connectivity index (χ4n) is 3.19. The van der Waals surface area contributed by atoms with Crippen molar-refractivity contribution in [1.82, 2.24) is 10.9 Å². The molecule has 1 heterocycles. The summed E-state index contributed by atoms with van der Waals surface area (Å²) in [5, 5.41) is 0. The van der Waals surface area contributed by atoms with E-state index in [-0.39, 0.29) is 5.91 Å². The topological polar surface area (TPSA) is 87.7 Å². The van der Waals surface area contributed by atoms with E-state index in [0.29, 0.717) is 30.0 Å². The molecular formula is C22H25N3O4. The number of amides is 3. The first-order chi connectivity index (χ1) is 13.9. The first-order valence-electron chi connectivity index (χ1n) is 9.61. The summed E-state index contributed by atoms with van der Waals surface area (Å²) < 4.78 is 5.73. The molecule has 1 atom stereocenters. The van der Waals surface area contributed by atoms with Crippen molar-refractivity contribution in [3.63, 3.8) is 0 Å². The van der Waals surface area contributed by atoms with Gasteiger partial charge in [-0.25, -0.2) is 0 Å². The summed E-state index contributed by atoms with van der Waals surface area (Å²) in [4.78, 5) is 38.6. The fraction of sp³-hybridized carbons (Fsp3) is 0.318. The van der Waals surface area contributed by atoms with Crippen molar-refractivity contribution in [1.29, 1.82) is 0 Å². The van der Waals surface area contributed by atoms with Gasteiger partial charge in [-0.15, -0.1) is 0 Å². The first-order valence-corrected chi connectivity index (χ1v) is 9.61. The summed E-state index contributed by atoms with van der Waals surface area (Å²) in [5.74, 6) is -0.358. The standard InChI is InChI=1S/C22H25N3O4/c1-14-8-6-11-19(15(14)2)29-16(3)21(27)23-24-22(28)17-9-4-5-10-18(17)25-13-7-12-20(25)26/h4-6,8-11,16H,7,12-13H2,1-3H3,(H,23,27)(H,24,28)/t16-/m0/s1. The van der Waals surface area contributed by atoms with Crippen molar-refractivity contribution in [3.05, 3.63) is 59.2 Å². The van der Waals surface area contributed by atoms with Crippen LogP contribution in [0.3, 0.4) is 0 Å². The highest BCUT2D eigenvalue weighted by Crippen LogP contribution is 2.25. The molecule has 1 aliphatic rings. The number of hydrazine groups is 1. The number of rotatable bonds is 5. The van der Waals surface area contributed by atoms with E-state index in [0.717, 1.165) is 17.5 Å². The van der Waals surface area contributed by atoms with Crippen LogP contribution in [-0.2, 0) is 9.59 Å². The van der Waals surface area contributed by atoms with Gasteiger partial charge in [0.1, 0.15) is 5.75 Å². The smallest absolute Gasteiger partial charge is 0.279 e. The van der Waals surface area contributed by atoms with Gasteiger partial charge in [0.25, 0.3) is 11.8 Å². The zero-order chi connectivity index (χ0) is 21.0. The summed E-state index contributed by atoms with van der Waals surface area (Å²) in [6.07, 6.45) is 0.435. The molecule has 0 unspecified atom stereocenters. The van der Waals surface area contributed by atoms with E-state index in [1.54, 1.807) is 42.2 Å². The molecule has 1 saturated heterocycles. The van der Waals surface area contributed by atoms with Crippen LogP contribution in [0.2, 0.25) is 0 Å². The monoisotopic (exact) mass is 395 g/mol. The lowest BCUT2D eigenvalue weighted by Crippen LogP contribution is -2.47. The predicted octanol–water partition coefficient (Wildman–Crippen LogP) is 2.66. The molecular weight excluding hydrogens is 370 g/mol. The molecule has 3 amide bonds. The van der Waals surface area contributed by atoms with Gasteiger partial charge in [0.15, 0.2) is 6.10 Å². The maximum atomic E-state index is 12.6. The number of hydrogen-bond acceptors (Lipinski definition) is 4. The number of anilines is 1. The maximum Gasteiger partial charge on any atom is 0.279 e. The van der Waals surface area contributed by atoms with E-state index >= 15 is 0 Å². The lowest BCUT2D eigenvalue weighted by atomic mass is 10.1. The van der Waals surface area contributed by atoms with Crippen LogP contribution in [0.15, 0.2) is 42.5 Å². The van der Waals surface area contributed by atoms with E-state index in [1.165, 1.54) is 0 Å². The third-order valence-corrected chi connectivity index (χ3v) is 5.04. The molecule has 29 heavy (non-hydrogen) atoms. The Labute approximate surface area is 170 Å². The number of nitrogens with zero attached hydrogens (tertiary/aromatic N) is 1. The number of carbonyl (C=O) groups excluding carboxylic acids is 3. The minimum atomic E-state index is -0.800. The number of hydrogen-bond donors (Lipinski definition) is 2. The van der Waals surface area contributed by atoms with Crippen molar-refractivity contribution in [2.75, 3.05) is 11.4 Å². The van der Waals surface area contributed by atoms with Gasteiger partial charge in [-0.05, 0) is 56.5 Å². The van der Waals surface area contributed by atoms with Gasteiger partial charge in [-0.1, -0.05) is 24.3 Å². The Bertz CT molecular complexity index is 941. The Morgan fingerprint density at radius 1 is 1.07 bits per heavy atom. The second-order valence-corrected chi connectivity index (χ2v) is 7.07. The largest absolute Gasteiger partial charge is 0.481 e. The fourth-order valence-corrected chi connectivity index (χ4v) is 3.19. The molecule has 0 aromatic heterocycles. The quantitative estimate of drug-likeness (QED) is 0.762. The minimum absolute atomic E-state index is 0.00941. The van der Waals surface area contributed by atoms with Gasteiger partial charge in [0, 0.05) is 13.0 Å². The Morgan fingerprint density at radius 3 is 2.55 bits per heavy atom. The zero-order valence-corrected chi connectivity index (χ0v) is 16.8. The molecule has 0 saturated carbocycles. The molecule has 7 nitrogen and oxygen atoms in total. The molecule has 3 rings (SSSR count). The van der Waals surface area contributed by atoms with E-state index < -0.39 is 17.9 Å². The number of benzene rings is 2. The molecule has 2 aromatic rings. The normalized spacial score (nSPS) is 14.4. The molecule has 0 aliphatic carbocycles. The van der Waals surface area contributed by atoms with Gasteiger partial charge in [-0.2, -0.15) is 0 Å². The van der Waals surface area contributed by atoms with Gasteiger partial charge in [0.2, 0.25) is 5.91 Å². The molecule has 0 radical (unpaired) electrons. The summed E-state index contributed by atoms with van der Waals surface area (Å²) in [6, 6.07) is 12.5. The number of para-hydroxylation sites is 1. The van der Waals surface area contributed by atoms with Crippen LogP contribution < -0.4 is 20.5 Å². The Morgan fingerprint density at radius 2 is 1.83 bits per heavy atom. The average molecular weight is 395 g/mol. The minimum Gasteiger partial charge on any atom is -0.481 e. The van der Waals surface area contributed by atoms with Crippen LogP contribution in [0.25, 0.3) is 0 Å². The highest BCUT2D eigenvalue weighted by Gasteiger charge is 2.26. The third kappa shape index (κ3) is 4.56. The van der Waals surface area contributed by atoms with Gasteiger partial charge in [0.05, 0.1) is 11.3 Å². The summed E-state index contributed by atoms with van der Waals surface area (Å²) in [7, 11) is 0. The molecule has 1 fully saturated rings. The molecule has 0 bridgehead atoms. The number of ether oxygens (including phenoxy) is 1. The Balaban J connectivity index is 1.63. The highest BCUT2D eigenvalue weighted by atomic mass is 16.5. The Hall–Kier alpha value is -3.35. The second-order valence-electron chi connectivity index (χ2n) is 7.07. The average Bonchev–Trinajstić information content (AvgIpc) is 3.15. The van der Waals surface area contributed by atoms with Crippen LogP contribution in [0.5, 0.6) is 5.75 Å². The number of nitrogens with one attached hydrogen (secondary N) is 2. The van der Waals surface area contributed by atoms with Crippen LogP contribution in [0, 0.1) is 13.8 Å². The first kappa shape index (κ1) is 20.4. The predicted molar refractivity (Wildman–Crippen MR) is 110 cm³/mol. The van der Waals surface area contributed by atoms with E-state index in [1.807, 2.05) is 26.0 Å². The van der Waals surface area contributed by atoms with E-state index in [2.05, 4.69) is 10.9 Å². The van der Waals surface area contributed by atoms with E-state index in [4.69, 9.17) is 4.74 Å². The maximum absolute atomic E-state index is 12.6. The summed E-state index contributed by atoms with van der Waals surface area (Å²) >= 11 is 0. The molecule has 152 valence electrons. The summed E-state index contributed by atoms with van der Waals surface area (Å²) in [5.41, 5.74) is 7.70. The summed E-state index contributed by atoms with van der Waals surface area (Å²) in [6.45, 7) is 6.08. The highest BCUT2D eigenvalue weighted by molar-refractivity contribution is 6.05. The third-order valence-electron chi connectivity index (χ3n) is 5.04. The van der Waals surface area contributed by atoms with Gasteiger partial charge in [-0.3, -0.25) is 25.2 Å². The lowest BCUT2D eigenvalue weighted by molar-refractivity contribution is -0.128. The van der Waals surface area contributed by atoms with Crippen molar-refractivity contribution >= 4 is 23.4 Å². The van der Waals surface area contributed by atoms with Crippen LogP contribution >= 0.6 is 0 Å². The van der Waals surface area contributed by atoms with Crippen molar-refractivity contribution in [3.8, 4) is 5.75 Å². The van der Waals surface area contributed by atoms with Gasteiger partial charge < -0.3 is 9.64 Å². The number of carbonyl (C=O) groups is 3.